The van der Waals surface area contributed by atoms with Crippen LogP contribution in [0.3, 0.4) is 0 Å². The van der Waals surface area contributed by atoms with Gasteiger partial charge in [0.2, 0.25) is 5.91 Å². The standard InChI is InChI=1S/C26H40N2O4S/c1-7-26(8-2,19-11-13-20(14-12-19)32-17-9-10-23(30)28-31)24-27-18(3)21(33-24)15-16-22(29)25(4,5)6/h11-14,22,29,31H,7-10,15-17H2,1-6H3,(H,28,30). The minimum absolute atomic E-state index is 0.118. The van der Waals surface area contributed by atoms with Crippen LogP contribution in [0.25, 0.3) is 0 Å². The number of thiazole rings is 1. The van der Waals surface area contributed by atoms with E-state index in [2.05, 4.69) is 53.7 Å². The molecule has 0 fully saturated rings. The molecule has 0 bridgehead atoms. The van der Waals surface area contributed by atoms with Gasteiger partial charge in [-0.15, -0.1) is 11.3 Å². The molecule has 1 aromatic carbocycles. The van der Waals surface area contributed by atoms with Gasteiger partial charge in [0.05, 0.1) is 18.4 Å². The zero-order valence-electron chi connectivity index (χ0n) is 20.9. The molecule has 184 valence electrons. The van der Waals surface area contributed by atoms with Gasteiger partial charge in [-0.05, 0) is 62.1 Å². The van der Waals surface area contributed by atoms with Crippen molar-refractivity contribution in [3.05, 3.63) is 45.4 Å². The highest BCUT2D eigenvalue weighted by Crippen LogP contribution is 2.42. The first kappa shape index (κ1) is 27.3. The van der Waals surface area contributed by atoms with Crippen LogP contribution in [0.5, 0.6) is 5.75 Å². The maximum absolute atomic E-state index is 11.1. The van der Waals surface area contributed by atoms with Crippen molar-refractivity contribution in [2.24, 2.45) is 5.41 Å². The highest BCUT2D eigenvalue weighted by Gasteiger charge is 2.34. The summed E-state index contributed by atoms with van der Waals surface area (Å²) in [6.07, 6.45) is 3.88. The van der Waals surface area contributed by atoms with Gasteiger partial charge in [0, 0.05) is 16.7 Å². The SMILES string of the molecule is CCC(CC)(c1ccc(OCCCC(=O)NO)cc1)c1nc(C)c(CCC(O)C(C)(C)C)s1. The Morgan fingerprint density at radius 3 is 2.36 bits per heavy atom. The molecule has 2 rings (SSSR count). The summed E-state index contributed by atoms with van der Waals surface area (Å²) in [5.74, 6) is 0.354. The van der Waals surface area contributed by atoms with E-state index in [0.717, 1.165) is 42.1 Å². The molecular weight excluding hydrogens is 436 g/mol. The number of aromatic nitrogens is 1. The van der Waals surface area contributed by atoms with Crippen LogP contribution in [0.2, 0.25) is 0 Å². The third-order valence-corrected chi connectivity index (χ3v) is 7.92. The average Bonchev–Trinajstić information content (AvgIpc) is 3.17. The molecule has 7 heteroatoms. The van der Waals surface area contributed by atoms with Crippen LogP contribution in [0, 0.1) is 12.3 Å². The lowest BCUT2D eigenvalue weighted by Crippen LogP contribution is -2.26. The van der Waals surface area contributed by atoms with E-state index in [4.69, 9.17) is 14.9 Å². The predicted molar refractivity (Wildman–Crippen MR) is 133 cm³/mol. The second-order valence-corrected chi connectivity index (χ2v) is 10.8. The normalized spacial score (nSPS) is 13.1. The zero-order valence-corrected chi connectivity index (χ0v) is 21.7. The molecule has 0 saturated heterocycles. The molecule has 2 aromatic rings. The number of amides is 1. The van der Waals surface area contributed by atoms with Crippen molar-refractivity contribution in [3.63, 3.8) is 0 Å². The molecule has 0 aliphatic heterocycles. The summed E-state index contributed by atoms with van der Waals surface area (Å²) in [6, 6.07) is 8.18. The molecule has 3 N–H and O–H groups in total. The van der Waals surface area contributed by atoms with E-state index < -0.39 is 5.91 Å². The average molecular weight is 477 g/mol. The van der Waals surface area contributed by atoms with Gasteiger partial charge in [-0.25, -0.2) is 10.5 Å². The van der Waals surface area contributed by atoms with Crippen molar-refractivity contribution >= 4 is 17.2 Å². The first-order valence-corrected chi connectivity index (χ1v) is 12.7. The number of rotatable bonds is 12. The van der Waals surface area contributed by atoms with Crippen molar-refractivity contribution in [2.45, 2.75) is 91.6 Å². The quantitative estimate of drug-likeness (QED) is 0.212. The van der Waals surface area contributed by atoms with Crippen LogP contribution in [0.15, 0.2) is 24.3 Å². The van der Waals surface area contributed by atoms with Crippen molar-refractivity contribution in [3.8, 4) is 5.75 Å². The van der Waals surface area contributed by atoms with Crippen molar-refractivity contribution in [1.29, 1.82) is 0 Å². The van der Waals surface area contributed by atoms with E-state index >= 15 is 0 Å². The van der Waals surface area contributed by atoms with Crippen LogP contribution in [0.1, 0.15) is 87.9 Å². The third kappa shape index (κ3) is 7.01. The number of hydroxylamine groups is 1. The number of aliphatic hydroxyl groups excluding tert-OH is 1. The largest absolute Gasteiger partial charge is 0.494 e. The van der Waals surface area contributed by atoms with Crippen molar-refractivity contribution < 1.29 is 19.8 Å². The third-order valence-electron chi connectivity index (χ3n) is 6.50. The topological polar surface area (TPSA) is 91.7 Å². The lowest BCUT2D eigenvalue weighted by atomic mass is 9.76. The van der Waals surface area contributed by atoms with Crippen molar-refractivity contribution in [1.82, 2.24) is 10.5 Å². The van der Waals surface area contributed by atoms with Gasteiger partial charge in [0.1, 0.15) is 10.8 Å². The smallest absolute Gasteiger partial charge is 0.243 e. The number of ether oxygens (including phenoxy) is 1. The van der Waals surface area contributed by atoms with E-state index in [0.29, 0.717) is 13.0 Å². The summed E-state index contributed by atoms with van der Waals surface area (Å²) in [6.45, 7) is 13.1. The number of carbonyl (C=O) groups excluding carboxylic acids is 1. The van der Waals surface area contributed by atoms with Crippen LogP contribution in [-0.4, -0.2) is 33.9 Å². The Morgan fingerprint density at radius 1 is 1.18 bits per heavy atom. The van der Waals surface area contributed by atoms with Crippen molar-refractivity contribution in [2.75, 3.05) is 6.61 Å². The van der Waals surface area contributed by atoms with Gasteiger partial charge >= 0.3 is 0 Å². The number of hydrogen-bond acceptors (Lipinski definition) is 6. The van der Waals surface area contributed by atoms with Gasteiger partial charge in [-0.2, -0.15) is 0 Å². The summed E-state index contributed by atoms with van der Waals surface area (Å²) >= 11 is 1.78. The van der Waals surface area contributed by atoms with Crippen LogP contribution in [-0.2, 0) is 16.6 Å². The maximum atomic E-state index is 11.1. The van der Waals surface area contributed by atoms with E-state index in [9.17, 15) is 9.90 Å². The molecule has 1 atom stereocenters. The summed E-state index contributed by atoms with van der Waals surface area (Å²) < 4.78 is 5.75. The first-order chi connectivity index (χ1) is 15.6. The Hall–Kier alpha value is -1.96. The molecule has 0 aliphatic rings. The van der Waals surface area contributed by atoms with E-state index in [1.54, 1.807) is 16.8 Å². The minimum Gasteiger partial charge on any atom is -0.494 e. The fourth-order valence-corrected chi connectivity index (χ4v) is 5.43. The molecule has 0 radical (unpaired) electrons. The second kappa shape index (κ2) is 12.0. The van der Waals surface area contributed by atoms with Gasteiger partial charge in [0.15, 0.2) is 0 Å². The summed E-state index contributed by atoms with van der Waals surface area (Å²) in [5, 5.41) is 20.1. The summed E-state index contributed by atoms with van der Waals surface area (Å²) in [4.78, 5) is 17.3. The maximum Gasteiger partial charge on any atom is 0.243 e. The molecule has 1 heterocycles. The fourth-order valence-electron chi connectivity index (χ4n) is 4.00. The summed E-state index contributed by atoms with van der Waals surface area (Å²) in [5.41, 5.74) is 3.63. The monoisotopic (exact) mass is 476 g/mol. The number of hydrogen-bond donors (Lipinski definition) is 3. The fraction of sp³-hybridized carbons (Fsp3) is 0.615. The molecule has 1 unspecified atom stereocenters. The number of aryl methyl sites for hydroxylation is 2. The number of nitrogens with zero attached hydrogens (tertiary/aromatic N) is 1. The number of carbonyl (C=O) groups is 1. The highest BCUT2D eigenvalue weighted by atomic mass is 32.1. The van der Waals surface area contributed by atoms with Gasteiger partial charge in [-0.1, -0.05) is 46.8 Å². The molecule has 33 heavy (non-hydrogen) atoms. The minimum atomic E-state index is -0.407. The summed E-state index contributed by atoms with van der Waals surface area (Å²) in [7, 11) is 0. The Labute approximate surface area is 202 Å². The van der Waals surface area contributed by atoms with Crippen LogP contribution >= 0.6 is 11.3 Å². The highest BCUT2D eigenvalue weighted by molar-refractivity contribution is 7.12. The molecule has 6 nitrogen and oxygen atoms in total. The van der Waals surface area contributed by atoms with Gasteiger partial charge in [-0.3, -0.25) is 10.0 Å². The molecule has 0 saturated carbocycles. The van der Waals surface area contributed by atoms with Gasteiger partial charge < -0.3 is 9.84 Å². The lowest BCUT2D eigenvalue weighted by molar-refractivity contribution is -0.129. The van der Waals surface area contributed by atoms with Crippen LogP contribution < -0.4 is 10.2 Å². The molecule has 1 aromatic heterocycles. The van der Waals surface area contributed by atoms with E-state index in [1.165, 1.54) is 10.4 Å². The van der Waals surface area contributed by atoms with E-state index in [1.807, 2.05) is 12.1 Å². The number of benzene rings is 1. The second-order valence-electron chi connectivity index (χ2n) is 9.75. The Kier molecular flexibility index (Phi) is 9.88. The molecule has 0 aliphatic carbocycles. The van der Waals surface area contributed by atoms with Crippen LogP contribution in [0.4, 0.5) is 0 Å². The lowest BCUT2D eigenvalue weighted by Gasteiger charge is -2.30. The number of aliphatic hydroxyl groups is 1. The molecular formula is C26H40N2O4S. The Morgan fingerprint density at radius 2 is 1.82 bits per heavy atom. The number of nitrogens with one attached hydrogen (secondary N) is 1. The predicted octanol–water partition coefficient (Wildman–Crippen LogP) is 5.56. The van der Waals surface area contributed by atoms with E-state index in [-0.39, 0.29) is 23.4 Å². The Balaban J connectivity index is 2.15. The zero-order chi connectivity index (χ0) is 24.6. The molecule has 0 spiro atoms. The van der Waals surface area contributed by atoms with Gasteiger partial charge in [0.25, 0.3) is 0 Å². The molecule has 1 amide bonds. The first-order valence-electron chi connectivity index (χ1n) is 11.9. The Bertz CT molecular complexity index is 883.